The molecule has 30 heavy (non-hydrogen) atoms. The number of aromatic nitrogens is 3. The van der Waals surface area contributed by atoms with Crippen LogP contribution in [0.2, 0.25) is 0 Å². The molecular weight excluding hydrogens is 401 g/mol. The van der Waals surface area contributed by atoms with Crippen molar-refractivity contribution in [3.63, 3.8) is 0 Å². The van der Waals surface area contributed by atoms with Gasteiger partial charge in [-0.2, -0.15) is 9.97 Å². The second-order valence-electron chi connectivity index (χ2n) is 7.25. The molecule has 1 saturated carbocycles. The van der Waals surface area contributed by atoms with Gasteiger partial charge in [-0.15, -0.1) is 0 Å². The van der Waals surface area contributed by atoms with Crippen LogP contribution < -0.4 is 22.1 Å². The molecule has 0 bridgehead atoms. The van der Waals surface area contributed by atoms with Crippen molar-refractivity contribution in [3.05, 3.63) is 54.6 Å². The van der Waals surface area contributed by atoms with Crippen LogP contribution in [0.15, 0.2) is 58.6 Å². The molecular formula is C21H24FN7S. The van der Waals surface area contributed by atoms with E-state index in [1.165, 1.54) is 17.8 Å². The summed E-state index contributed by atoms with van der Waals surface area (Å²) in [5.41, 5.74) is 12.7. The molecule has 0 spiro atoms. The first-order valence-electron chi connectivity index (χ1n) is 9.88. The number of hydrogen-bond donors (Lipinski definition) is 4. The van der Waals surface area contributed by atoms with Gasteiger partial charge in [-0.3, -0.25) is 4.98 Å². The van der Waals surface area contributed by atoms with Gasteiger partial charge >= 0.3 is 0 Å². The fourth-order valence-corrected chi connectivity index (χ4v) is 4.28. The molecule has 4 rings (SSSR count). The molecule has 1 aromatic carbocycles. The van der Waals surface area contributed by atoms with E-state index in [0.29, 0.717) is 22.2 Å². The Labute approximate surface area is 178 Å². The molecule has 0 unspecified atom stereocenters. The molecule has 9 heteroatoms. The number of nitrogens with zero attached hydrogens (tertiary/aromatic N) is 3. The summed E-state index contributed by atoms with van der Waals surface area (Å²) in [6.45, 7) is 0. The maximum atomic E-state index is 14.6. The van der Waals surface area contributed by atoms with E-state index in [4.69, 9.17) is 11.5 Å². The molecule has 3 aromatic rings. The lowest BCUT2D eigenvalue weighted by molar-refractivity contribution is 0.403. The zero-order valence-corrected chi connectivity index (χ0v) is 17.2. The van der Waals surface area contributed by atoms with Crippen LogP contribution in [0, 0.1) is 5.82 Å². The van der Waals surface area contributed by atoms with Gasteiger partial charge in [0.05, 0.1) is 0 Å². The van der Waals surface area contributed by atoms with Gasteiger partial charge in [0.15, 0.2) is 0 Å². The van der Waals surface area contributed by atoms with Crippen LogP contribution in [-0.4, -0.2) is 27.0 Å². The average molecular weight is 426 g/mol. The highest BCUT2D eigenvalue weighted by molar-refractivity contribution is 7.99. The monoisotopic (exact) mass is 425 g/mol. The largest absolute Gasteiger partial charge is 0.368 e. The summed E-state index contributed by atoms with van der Waals surface area (Å²) in [5, 5.41) is 6.47. The summed E-state index contributed by atoms with van der Waals surface area (Å²) in [4.78, 5) is 13.9. The van der Waals surface area contributed by atoms with Gasteiger partial charge in [0.2, 0.25) is 5.95 Å². The van der Waals surface area contributed by atoms with Crippen LogP contribution in [0.5, 0.6) is 0 Å². The van der Waals surface area contributed by atoms with Gasteiger partial charge in [-0.1, -0.05) is 24.6 Å². The van der Waals surface area contributed by atoms with E-state index in [2.05, 4.69) is 25.6 Å². The molecule has 7 nitrogen and oxygen atoms in total. The van der Waals surface area contributed by atoms with E-state index >= 15 is 0 Å². The van der Waals surface area contributed by atoms with Crippen molar-refractivity contribution in [2.24, 2.45) is 5.73 Å². The highest BCUT2D eigenvalue weighted by atomic mass is 32.2. The van der Waals surface area contributed by atoms with Crippen molar-refractivity contribution in [2.75, 3.05) is 16.4 Å². The smallest absolute Gasteiger partial charge is 0.223 e. The van der Waals surface area contributed by atoms with Crippen molar-refractivity contribution in [2.45, 2.75) is 47.6 Å². The van der Waals surface area contributed by atoms with Crippen molar-refractivity contribution in [1.29, 1.82) is 0 Å². The van der Waals surface area contributed by atoms with E-state index in [1.54, 1.807) is 30.6 Å². The summed E-state index contributed by atoms with van der Waals surface area (Å²) in [6.07, 6.45) is 7.64. The average Bonchev–Trinajstić information content (AvgIpc) is 2.72. The molecule has 1 fully saturated rings. The number of anilines is 4. The Hall–Kier alpha value is -2.91. The van der Waals surface area contributed by atoms with Crippen molar-refractivity contribution < 1.29 is 4.39 Å². The van der Waals surface area contributed by atoms with Crippen LogP contribution in [0.3, 0.4) is 0 Å². The number of nitrogens with two attached hydrogens (primary N) is 2. The Bertz CT molecular complexity index is 1000. The summed E-state index contributed by atoms with van der Waals surface area (Å²) in [5.74, 6) is 0.911. The number of benzene rings is 1. The molecule has 2 aromatic heterocycles. The maximum absolute atomic E-state index is 14.6. The number of halogens is 1. The highest BCUT2D eigenvalue weighted by Gasteiger charge is 2.22. The highest BCUT2D eigenvalue weighted by Crippen LogP contribution is 2.31. The molecule has 0 amide bonds. The molecule has 2 heterocycles. The van der Waals surface area contributed by atoms with E-state index in [1.807, 2.05) is 12.1 Å². The van der Waals surface area contributed by atoms with Crippen molar-refractivity contribution in [3.8, 4) is 0 Å². The number of rotatable bonds is 6. The van der Waals surface area contributed by atoms with E-state index in [9.17, 15) is 4.39 Å². The third-order valence-electron chi connectivity index (χ3n) is 4.98. The Morgan fingerprint density at radius 1 is 1.00 bits per heavy atom. The van der Waals surface area contributed by atoms with Crippen LogP contribution in [0.25, 0.3) is 0 Å². The molecule has 0 aliphatic heterocycles. The zero-order valence-electron chi connectivity index (χ0n) is 16.4. The molecule has 0 saturated heterocycles. The molecule has 6 N–H and O–H groups in total. The Morgan fingerprint density at radius 2 is 1.77 bits per heavy atom. The lowest BCUT2D eigenvalue weighted by Gasteiger charge is -2.29. The summed E-state index contributed by atoms with van der Waals surface area (Å²) in [6, 6.07) is 10.7. The van der Waals surface area contributed by atoms with Crippen LogP contribution >= 0.6 is 11.8 Å². The number of nitrogen functional groups attached to an aromatic ring is 1. The minimum Gasteiger partial charge on any atom is -0.368 e. The second-order valence-corrected chi connectivity index (χ2v) is 8.37. The Balaban J connectivity index is 1.47. The fourth-order valence-electron chi connectivity index (χ4n) is 3.48. The first-order chi connectivity index (χ1) is 14.6. The Kier molecular flexibility index (Phi) is 6.29. The van der Waals surface area contributed by atoms with E-state index < -0.39 is 0 Å². The van der Waals surface area contributed by atoms with Gasteiger partial charge in [0.1, 0.15) is 17.5 Å². The summed E-state index contributed by atoms with van der Waals surface area (Å²) < 4.78 is 14.6. The molecule has 1 aliphatic carbocycles. The van der Waals surface area contributed by atoms with Gasteiger partial charge < -0.3 is 22.1 Å². The second kappa shape index (κ2) is 9.27. The van der Waals surface area contributed by atoms with Crippen molar-refractivity contribution in [1.82, 2.24) is 15.0 Å². The lowest BCUT2D eigenvalue weighted by Crippen LogP contribution is -2.42. The topological polar surface area (TPSA) is 115 Å². The van der Waals surface area contributed by atoms with E-state index in [-0.39, 0.29) is 23.8 Å². The normalized spacial score (nSPS) is 18.7. The summed E-state index contributed by atoms with van der Waals surface area (Å²) in [7, 11) is 0. The minimum absolute atomic E-state index is 0.0888. The predicted molar refractivity (Wildman–Crippen MR) is 118 cm³/mol. The van der Waals surface area contributed by atoms with Gasteiger partial charge in [0, 0.05) is 46.0 Å². The third kappa shape index (κ3) is 5.17. The maximum Gasteiger partial charge on any atom is 0.223 e. The molecule has 0 radical (unpaired) electrons. The zero-order chi connectivity index (χ0) is 20.9. The number of pyridine rings is 1. The van der Waals surface area contributed by atoms with Crippen molar-refractivity contribution >= 4 is 35.0 Å². The number of hydrogen-bond acceptors (Lipinski definition) is 8. The lowest BCUT2D eigenvalue weighted by atomic mass is 9.91. The van der Waals surface area contributed by atoms with E-state index in [0.717, 1.165) is 30.6 Å². The Morgan fingerprint density at radius 3 is 2.53 bits per heavy atom. The first kappa shape index (κ1) is 20.4. The standard InChI is InChI=1S/C21H24FN7S/c22-15-11-13(5-6-18(15)30-14-7-9-25-10-8-14)26-19-12-20(29-21(24)28-19)27-17-4-2-1-3-16(17)23/h5-12,16-17H,1-4,23H2,(H4,24,26,27,28,29)/t16-,17-/m1/s1. The fraction of sp³-hybridized carbons (Fsp3) is 0.286. The minimum atomic E-state index is -0.324. The van der Waals surface area contributed by atoms with Gasteiger partial charge in [-0.25, -0.2) is 4.39 Å². The van der Waals surface area contributed by atoms with Gasteiger partial charge in [0.25, 0.3) is 0 Å². The van der Waals surface area contributed by atoms with Crippen LogP contribution in [-0.2, 0) is 0 Å². The quantitative estimate of drug-likeness (QED) is 0.465. The van der Waals surface area contributed by atoms with Gasteiger partial charge in [-0.05, 0) is 43.2 Å². The predicted octanol–water partition coefficient (Wildman–Crippen LogP) is 4.17. The SMILES string of the molecule is Nc1nc(Nc2ccc(Sc3ccncc3)c(F)c2)cc(N[C@@H]2CCCC[C@H]2N)n1. The molecule has 156 valence electrons. The number of nitrogens with one attached hydrogen (secondary N) is 2. The third-order valence-corrected chi connectivity index (χ3v) is 6.04. The van der Waals surface area contributed by atoms with Crippen LogP contribution in [0.4, 0.5) is 27.7 Å². The summed E-state index contributed by atoms with van der Waals surface area (Å²) >= 11 is 1.34. The molecule has 2 atom stereocenters. The molecule has 1 aliphatic rings. The van der Waals surface area contributed by atoms with Crippen LogP contribution in [0.1, 0.15) is 25.7 Å². The first-order valence-corrected chi connectivity index (χ1v) is 10.7.